The van der Waals surface area contributed by atoms with E-state index in [1.165, 1.54) is 24.3 Å². The Hall–Kier alpha value is -6.98. The summed E-state index contributed by atoms with van der Waals surface area (Å²) in [6.45, 7) is 0.967. The number of fused-ring (bicyclic) bond motifs is 2. The molecule has 9 rings (SSSR count). The summed E-state index contributed by atoms with van der Waals surface area (Å²) in [5.41, 5.74) is 9.98. The Labute approximate surface area is 321 Å². The highest BCUT2D eigenvalue weighted by atomic mass is 19.1. The second-order valence-electron chi connectivity index (χ2n) is 13.5. The number of amides is 2. The standard InChI is InChI=1S/C24H20FN3O2.C21H16FN3O/c25-20-6-4-16(5-7-20)23-14-21-13-18(8-11-28(21)26-23)17-2-1-3-19(12-17)24(30)27-10-9-22(29)15-27;1-23-21(26)19-5-3-2-4-18(19)15-10-11-25-17(12-15)13-20(24-25)14-6-8-16(22)9-7-14/h1-8,11-14,22,29H,9-10,15H2;2-13H,1H3,(H,23,26). The number of carbonyl (C=O) groups is 2. The molecule has 2 amide bonds. The van der Waals surface area contributed by atoms with Gasteiger partial charge in [-0.2, -0.15) is 10.2 Å². The monoisotopic (exact) mass is 746 g/mol. The van der Waals surface area contributed by atoms with Crippen LogP contribution in [0.4, 0.5) is 8.78 Å². The van der Waals surface area contributed by atoms with Gasteiger partial charge < -0.3 is 15.3 Å². The lowest BCUT2D eigenvalue weighted by Gasteiger charge is -2.16. The third-order valence-electron chi connectivity index (χ3n) is 9.81. The fourth-order valence-electron chi connectivity index (χ4n) is 6.87. The average Bonchev–Trinajstić information content (AvgIpc) is 3.99. The summed E-state index contributed by atoms with van der Waals surface area (Å²) in [6.07, 6.45) is 3.93. The van der Waals surface area contributed by atoms with Crippen molar-refractivity contribution in [2.75, 3.05) is 20.1 Å². The first-order valence-corrected chi connectivity index (χ1v) is 18.1. The molecule has 5 heterocycles. The molecular formula is C45H36F2N6O3. The Bertz CT molecular complexity index is 2710. The van der Waals surface area contributed by atoms with Crippen LogP contribution in [0.5, 0.6) is 0 Å². The summed E-state index contributed by atoms with van der Waals surface area (Å²) >= 11 is 0. The van der Waals surface area contributed by atoms with E-state index in [2.05, 4.69) is 15.5 Å². The third kappa shape index (κ3) is 7.53. The Kier molecular flexibility index (Phi) is 9.91. The molecule has 0 aliphatic carbocycles. The van der Waals surface area contributed by atoms with Crippen LogP contribution >= 0.6 is 0 Å². The topological polar surface area (TPSA) is 104 Å². The second-order valence-corrected chi connectivity index (χ2v) is 13.5. The van der Waals surface area contributed by atoms with Crippen LogP contribution in [-0.2, 0) is 0 Å². The highest BCUT2D eigenvalue weighted by Gasteiger charge is 2.25. The van der Waals surface area contributed by atoms with Gasteiger partial charge >= 0.3 is 0 Å². The summed E-state index contributed by atoms with van der Waals surface area (Å²) in [4.78, 5) is 26.6. The maximum Gasteiger partial charge on any atom is 0.253 e. The highest BCUT2D eigenvalue weighted by molar-refractivity contribution is 6.01. The number of aliphatic hydroxyl groups is 1. The SMILES string of the molecule is CNC(=O)c1ccccc1-c1ccn2nc(-c3ccc(F)cc3)cc2c1.O=C(c1cccc(-c2ccn3nc(-c4ccc(F)cc4)cc3c2)c1)N1CCC(O)C1. The van der Waals surface area contributed by atoms with Gasteiger partial charge in [0.2, 0.25) is 0 Å². The molecular weight excluding hydrogens is 711 g/mol. The van der Waals surface area contributed by atoms with Crippen molar-refractivity contribution in [2.24, 2.45) is 0 Å². The maximum atomic E-state index is 13.2. The summed E-state index contributed by atoms with van der Waals surface area (Å²) < 4.78 is 29.9. The van der Waals surface area contributed by atoms with Crippen LogP contribution in [0.2, 0.25) is 0 Å². The number of likely N-dealkylation sites (tertiary alicyclic amines) is 1. The van der Waals surface area contributed by atoms with Gasteiger partial charge in [-0.25, -0.2) is 17.8 Å². The van der Waals surface area contributed by atoms with E-state index in [0.717, 1.165) is 55.8 Å². The number of pyridine rings is 2. The minimum Gasteiger partial charge on any atom is -0.391 e. The van der Waals surface area contributed by atoms with Crippen molar-refractivity contribution in [2.45, 2.75) is 12.5 Å². The molecule has 2 N–H and O–H groups in total. The number of β-amino-alcohol motifs (C(OH)–C–C–N with tert-alkyl or cyclic N) is 1. The van der Waals surface area contributed by atoms with Gasteiger partial charge in [-0.3, -0.25) is 9.59 Å². The zero-order valence-corrected chi connectivity index (χ0v) is 30.3. The fourth-order valence-corrected chi connectivity index (χ4v) is 6.87. The largest absolute Gasteiger partial charge is 0.391 e. The number of halogens is 2. The van der Waals surface area contributed by atoms with Gasteiger partial charge in [-0.1, -0.05) is 30.3 Å². The predicted octanol–water partition coefficient (Wildman–Crippen LogP) is 8.18. The molecule has 56 heavy (non-hydrogen) atoms. The van der Waals surface area contributed by atoms with Gasteiger partial charge in [-0.05, 0) is 132 Å². The van der Waals surface area contributed by atoms with Crippen molar-refractivity contribution in [3.05, 3.63) is 169 Å². The van der Waals surface area contributed by atoms with E-state index in [9.17, 15) is 23.5 Å². The van der Waals surface area contributed by atoms with E-state index < -0.39 is 6.10 Å². The summed E-state index contributed by atoms with van der Waals surface area (Å²) in [5.74, 6) is -0.730. The van der Waals surface area contributed by atoms with Crippen LogP contribution in [0, 0.1) is 11.6 Å². The van der Waals surface area contributed by atoms with Crippen LogP contribution in [0.25, 0.3) is 55.8 Å². The van der Waals surface area contributed by atoms with Gasteiger partial charge in [-0.15, -0.1) is 0 Å². The normalized spacial score (nSPS) is 13.8. The number of aliphatic hydroxyl groups excluding tert-OH is 1. The van der Waals surface area contributed by atoms with Crippen molar-refractivity contribution in [1.82, 2.24) is 29.4 Å². The van der Waals surface area contributed by atoms with E-state index in [1.807, 2.05) is 85.2 Å². The lowest BCUT2D eigenvalue weighted by Crippen LogP contribution is -2.29. The number of rotatable bonds is 6. The molecule has 4 aromatic carbocycles. The zero-order valence-electron chi connectivity index (χ0n) is 30.3. The maximum absolute atomic E-state index is 13.2. The van der Waals surface area contributed by atoms with E-state index in [0.29, 0.717) is 30.6 Å². The number of hydrogen-bond donors (Lipinski definition) is 2. The zero-order chi connectivity index (χ0) is 38.8. The minimum atomic E-state index is -0.434. The van der Waals surface area contributed by atoms with E-state index in [-0.39, 0.29) is 23.4 Å². The Morgan fingerprint density at radius 3 is 1.82 bits per heavy atom. The number of nitrogens with zero attached hydrogens (tertiary/aromatic N) is 5. The van der Waals surface area contributed by atoms with Crippen LogP contribution in [0.3, 0.4) is 0 Å². The number of aromatic nitrogens is 4. The van der Waals surface area contributed by atoms with Crippen LogP contribution < -0.4 is 5.32 Å². The first-order chi connectivity index (χ1) is 27.2. The minimum absolute atomic E-state index is 0.0579. The van der Waals surface area contributed by atoms with Crippen LogP contribution in [0.1, 0.15) is 27.1 Å². The summed E-state index contributed by atoms with van der Waals surface area (Å²) in [5, 5.41) is 21.5. The molecule has 1 saturated heterocycles. The van der Waals surface area contributed by atoms with E-state index >= 15 is 0 Å². The average molecular weight is 747 g/mol. The molecule has 0 spiro atoms. The van der Waals surface area contributed by atoms with E-state index in [1.54, 1.807) is 57.4 Å². The Balaban J connectivity index is 0.000000159. The molecule has 278 valence electrons. The Morgan fingerprint density at radius 1 is 0.661 bits per heavy atom. The number of benzene rings is 4. The molecule has 1 aliphatic rings. The molecule has 8 aromatic rings. The molecule has 1 fully saturated rings. The second kappa shape index (κ2) is 15.4. The van der Waals surface area contributed by atoms with Crippen molar-refractivity contribution >= 4 is 22.8 Å². The lowest BCUT2D eigenvalue weighted by atomic mass is 9.99. The molecule has 1 unspecified atom stereocenters. The van der Waals surface area contributed by atoms with Gasteiger partial charge in [0.15, 0.2) is 0 Å². The lowest BCUT2D eigenvalue weighted by molar-refractivity contribution is 0.0765. The van der Waals surface area contributed by atoms with Crippen molar-refractivity contribution in [1.29, 1.82) is 0 Å². The van der Waals surface area contributed by atoms with Crippen LogP contribution in [0.15, 0.2) is 146 Å². The number of nitrogens with one attached hydrogen (secondary N) is 1. The molecule has 1 atom stereocenters. The van der Waals surface area contributed by atoms with Crippen LogP contribution in [-0.4, -0.2) is 67.3 Å². The van der Waals surface area contributed by atoms with Crippen molar-refractivity contribution in [3.8, 4) is 44.8 Å². The predicted molar refractivity (Wildman–Crippen MR) is 212 cm³/mol. The fraction of sp³-hybridized carbons (Fsp3) is 0.111. The van der Waals surface area contributed by atoms with Gasteiger partial charge in [0, 0.05) is 54.8 Å². The smallest absolute Gasteiger partial charge is 0.253 e. The first-order valence-electron chi connectivity index (χ1n) is 18.1. The Morgan fingerprint density at radius 2 is 1.23 bits per heavy atom. The molecule has 9 nitrogen and oxygen atoms in total. The summed E-state index contributed by atoms with van der Waals surface area (Å²) in [7, 11) is 1.62. The van der Waals surface area contributed by atoms with Crippen molar-refractivity contribution < 1.29 is 23.5 Å². The number of carbonyl (C=O) groups excluding carboxylic acids is 2. The van der Waals surface area contributed by atoms with Gasteiger partial charge in [0.1, 0.15) is 11.6 Å². The first kappa shape index (κ1) is 36.0. The molecule has 0 radical (unpaired) electrons. The highest BCUT2D eigenvalue weighted by Crippen LogP contribution is 2.29. The quantitative estimate of drug-likeness (QED) is 0.179. The van der Waals surface area contributed by atoms with Crippen molar-refractivity contribution in [3.63, 3.8) is 0 Å². The van der Waals surface area contributed by atoms with Gasteiger partial charge in [0.25, 0.3) is 11.8 Å². The molecule has 0 bridgehead atoms. The van der Waals surface area contributed by atoms with E-state index in [4.69, 9.17) is 0 Å². The number of hydrogen-bond acceptors (Lipinski definition) is 5. The van der Waals surface area contributed by atoms with Gasteiger partial charge in [0.05, 0.1) is 28.5 Å². The molecule has 11 heteroatoms. The third-order valence-corrected chi connectivity index (χ3v) is 9.81. The summed E-state index contributed by atoms with van der Waals surface area (Å²) in [6, 6.07) is 39.3. The molecule has 4 aromatic heterocycles. The molecule has 0 saturated carbocycles. The molecule has 1 aliphatic heterocycles.